The second-order valence-corrected chi connectivity index (χ2v) is 8.32. The van der Waals surface area contributed by atoms with Gasteiger partial charge in [-0.25, -0.2) is 4.79 Å². The standard InChI is InChI=1S/C22H33N5O7/c1-11(2)18(21(32)26-15(22(33)34)10-16(23)29)27-19(30)14(9-13-7-5-4-6-8-13)25-20(31)17(24)12(3)28/h4-8,11-12,14-15,17-18,28H,9-10,24H2,1-3H3,(H2,23,29)(H,25,31)(H,26,32)(H,27,30)(H,33,34). The van der Waals surface area contributed by atoms with Crippen molar-refractivity contribution >= 4 is 29.6 Å². The predicted octanol–water partition coefficient (Wildman–Crippen LogP) is -1.99. The fourth-order valence-electron chi connectivity index (χ4n) is 3.00. The van der Waals surface area contributed by atoms with E-state index in [0.717, 1.165) is 0 Å². The van der Waals surface area contributed by atoms with E-state index < -0.39 is 72.2 Å². The molecule has 1 aromatic carbocycles. The molecule has 5 unspecified atom stereocenters. The van der Waals surface area contributed by atoms with E-state index in [0.29, 0.717) is 5.56 Å². The lowest BCUT2D eigenvalue weighted by atomic mass is 10.00. The normalized spacial score (nSPS) is 15.4. The van der Waals surface area contributed by atoms with E-state index in [1.807, 2.05) is 0 Å². The number of nitrogens with two attached hydrogens (primary N) is 2. The molecule has 0 aliphatic heterocycles. The number of aliphatic hydroxyl groups is 1. The number of amides is 4. The largest absolute Gasteiger partial charge is 0.480 e. The minimum absolute atomic E-state index is 0.0663. The molecule has 0 spiro atoms. The Hall–Kier alpha value is -3.51. The lowest BCUT2D eigenvalue weighted by Gasteiger charge is -2.27. The number of hydrogen-bond acceptors (Lipinski definition) is 7. The molecule has 0 fully saturated rings. The van der Waals surface area contributed by atoms with Gasteiger partial charge in [-0.2, -0.15) is 0 Å². The van der Waals surface area contributed by atoms with Crippen LogP contribution in [-0.2, 0) is 30.4 Å². The number of rotatable bonds is 13. The molecule has 0 heterocycles. The van der Waals surface area contributed by atoms with Crippen molar-refractivity contribution in [2.45, 2.75) is 63.9 Å². The van der Waals surface area contributed by atoms with Crippen LogP contribution in [0.15, 0.2) is 30.3 Å². The highest BCUT2D eigenvalue weighted by Crippen LogP contribution is 2.08. The van der Waals surface area contributed by atoms with E-state index in [-0.39, 0.29) is 6.42 Å². The molecule has 34 heavy (non-hydrogen) atoms. The Morgan fingerprint density at radius 2 is 1.44 bits per heavy atom. The van der Waals surface area contributed by atoms with Crippen molar-refractivity contribution in [2.75, 3.05) is 0 Å². The van der Waals surface area contributed by atoms with Crippen LogP contribution < -0.4 is 27.4 Å². The molecule has 1 rings (SSSR count). The third kappa shape index (κ3) is 9.16. The molecular weight excluding hydrogens is 446 g/mol. The van der Waals surface area contributed by atoms with Gasteiger partial charge >= 0.3 is 5.97 Å². The monoisotopic (exact) mass is 479 g/mol. The van der Waals surface area contributed by atoms with Crippen LogP contribution in [0.5, 0.6) is 0 Å². The van der Waals surface area contributed by atoms with Crippen molar-refractivity contribution in [1.29, 1.82) is 0 Å². The zero-order valence-corrected chi connectivity index (χ0v) is 19.4. The summed E-state index contributed by atoms with van der Waals surface area (Å²) >= 11 is 0. The number of nitrogens with one attached hydrogen (secondary N) is 3. The highest BCUT2D eigenvalue weighted by Gasteiger charge is 2.32. The first-order valence-corrected chi connectivity index (χ1v) is 10.7. The van der Waals surface area contributed by atoms with Crippen LogP contribution in [0.25, 0.3) is 0 Å². The molecule has 0 radical (unpaired) electrons. The van der Waals surface area contributed by atoms with Gasteiger partial charge in [-0.05, 0) is 18.4 Å². The fourth-order valence-corrected chi connectivity index (χ4v) is 3.00. The molecule has 9 N–H and O–H groups in total. The Kier molecular flexibility index (Phi) is 11.1. The zero-order valence-electron chi connectivity index (χ0n) is 19.4. The summed E-state index contributed by atoms with van der Waals surface area (Å²) in [6.07, 6.45) is -1.71. The Morgan fingerprint density at radius 1 is 0.882 bits per heavy atom. The molecule has 0 aliphatic carbocycles. The second-order valence-electron chi connectivity index (χ2n) is 8.32. The predicted molar refractivity (Wildman–Crippen MR) is 122 cm³/mol. The minimum Gasteiger partial charge on any atom is -0.480 e. The van der Waals surface area contributed by atoms with Crippen LogP contribution in [0.1, 0.15) is 32.8 Å². The average Bonchev–Trinajstić information content (AvgIpc) is 2.75. The number of aliphatic hydroxyl groups excluding tert-OH is 1. The van der Waals surface area contributed by atoms with Crippen molar-refractivity contribution in [2.24, 2.45) is 17.4 Å². The summed E-state index contributed by atoms with van der Waals surface area (Å²) in [5, 5.41) is 26.1. The molecule has 188 valence electrons. The molecular formula is C22H33N5O7. The summed E-state index contributed by atoms with van der Waals surface area (Å²) < 4.78 is 0. The van der Waals surface area contributed by atoms with Crippen LogP contribution in [0, 0.1) is 5.92 Å². The van der Waals surface area contributed by atoms with Gasteiger partial charge in [0.2, 0.25) is 23.6 Å². The maximum atomic E-state index is 13.1. The van der Waals surface area contributed by atoms with Crippen molar-refractivity contribution in [3.05, 3.63) is 35.9 Å². The van der Waals surface area contributed by atoms with Crippen molar-refractivity contribution in [3.63, 3.8) is 0 Å². The van der Waals surface area contributed by atoms with Gasteiger partial charge in [-0.1, -0.05) is 44.2 Å². The first-order valence-electron chi connectivity index (χ1n) is 10.7. The smallest absolute Gasteiger partial charge is 0.326 e. The van der Waals surface area contributed by atoms with Crippen LogP contribution in [0.2, 0.25) is 0 Å². The Balaban J connectivity index is 3.08. The summed E-state index contributed by atoms with van der Waals surface area (Å²) in [6, 6.07) is 3.62. The number of carboxylic acids is 1. The number of carboxylic acid groups (broad SMARTS) is 1. The fraction of sp³-hybridized carbons (Fsp3) is 0.500. The van der Waals surface area contributed by atoms with Gasteiger partial charge in [0.15, 0.2) is 0 Å². The van der Waals surface area contributed by atoms with Gasteiger partial charge < -0.3 is 37.6 Å². The maximum Gasteiger partial charge on any atom is 0.326 e. The van der Waals surface area contributed by atoms with E-state index >= 15 is 0 Å². The van der Waals surface area contributed by atoms with E-state index in [1.165, 1.54) is 6.92 Å². The number of benzene rings is 1. The molecule has 12 nitrogen and oxygen atoms in total. The summed E-state index contributed by atoms with van der Waals surface area (Å²) in [6.45, 7) is 4.59. The Morgan fingerprint density at radius 3 is 1.91 bits per heavy atom. The van der Waals surface area contributed by atoms with Crippen LogP contribution in [-0.4, -0.2) is 70.1 Å². The lowest BCUT2D eigenvalue weighted by molar-refractivity contribution is -0.144. The van der Waals surface area contributed by atoms with E-state index in [1.54, 1.807) is 44.2 Å². The van der Waals surface area contributed by atoms with Gasteiger partial charge in [-0.3, -0.25) is 19.2 Å². The first-order chi connectivity index (χ1) is 15.8. The van der Waals surface area contributed by atoms with Crippen molar-refractivity contribution in [3.8, 4) is 0 Å². The van der Waals surface area contributed by atoms with Gasteiger partial charge in [-0.15, -0.1) is 0 Å². The first kappa shape index (κ1) is 28.5. The lowest BCUT2D eigenvalue weighted by Crippen LogP contribution is -2.59. The van der Waals surface area contributed by atoms with E-state index in [4.69, 9.17) is 11.5 Å². The van der Waals surface area contributed by atoms with E-state index in [2.05, 4.69) is 16.0 Å². The van der Waals surface area contributed by atoms with Crippen LogP contribution >= 0.6 is 0 Å². The molecule has 0 aromatic heterocycles. The molecule has 4 amide bonds. The summed E-state index contributed by atoms with van der Waals surface area (Å²) in [5.74, 6) is -5.16. The molecule has 1 aromatic rings. The number of carbonyl (C=O) groups excluding carboxylic acids is 4. The topological polar surface area (TPSA) is 214 Å². The molecule has 5 atom stereocenters. The Bertz CT molecular complexity index is 876. The summed E-state index contributed by atoms with van der Waals surface area (Å²) in [4.78, 5) is 60.7. The van der Waals surface area contributed by atoms with Gasteiger partial charge in [0, 0.05) is 6.42 Å². The maximum absolute atomic E-state index is 13.1. The molecule has 12 heteroatoms. The molecule has 0 saturated carbocycles. The number of hydrogen-bond donors (Lipinski definition) is 7. The summed E-state index contributed by atoms with van der Waals surface area (Å²) in [7, 11) is 0. The van der Waals surface area contributed by atoms with Gasteiger partial charge in [0.25, 0.3) is 0 Å². The second kappa shape index (κ2) is 13.3. The SMILES string of the molecule is CC(C)C(NC(=O)C(Cc1ccccc1)NC(=O)C(N)C(C)O)C(=O)NC(CC(N)=O)C(=O)O. The zero-order chi connectivity index (χ0) is 26.0. The highest BCUT2D eigenvalue weighted by atomic mass is 16.4. The molecule has 0 aliphatic rings. The van der Waals surface area contributed by atoms with Crippen LogP contribution in [0.3, 0.4) is 0 Å². The Labute approximate surface area is 197 Å². The molecule has 0 saturated heterocycles. The minimum atomic E-state index is -1.56. The highest BCUT2D eigenvalue weighted by molar-refractivity contribution is 5.95. The third-order valence-electron chi connectivity index (χ3n) is 5.00. The van der Waals surface area contributed by atoms with E-state index in [9.17, 15) is 34.2 Å². The quantitative estimate of drug-likeness (QED) is 0.168. The third-order valence-corrected chi connectivity index (χ3v) is 5.00. The number of primary amides is 1. The van der Waals surface area contributed by atoms with Gasteiger partial charge in [0.1, 0.15) is 24.2 Å². The van der Waals surface area contributed by atoms with Crippen LogP contribution in [0.4, 0.5) is 0 Å². The van der Waals surface area contributed by atoms with Crippen molar-refractivity contribution in [1.82, 2.24) is 16.0 Å². The molecule has 0 bridgehead atoms. The number of carbonyl (C=O) groups is 5. The van der Waals surface area contributed by atoms with Gasteiger partial charge in [0.05, 0.1) is 12.5 Å². The summed E-state index contributed by atoms with van der Waals surface area (Å²) in [5.41, 5.74) is 11.4. The average molecular weight is 480 g/mol. The van der Waals surface area contributed by atoms with Crippen molar-refractivity contribution < 1.29 is 34.2 Å². The number of aliphatic carboxylic acids is 1.